The van der Waals surface area contributed by atoms with Crippen LogP contribution >= 0.6 is 23.2 Å². The molecule has 5 rings (SSSR count). The average molecular weight is 526 g/mol. The zero-order valence-electron chi connectivity index (χ0n) is 19.6. The molecule has 2 unspecified atom stereocenters. The Balaban J connectivity index is 1.80. The highest BCUT2D eigenvalue weighted by atomic mass is 35.5. The number of fused-ring (bicyclic) bond motifs is 3. The number of aryl methyl sites for hydroxylation is 1. The van der Waals surface area contributed by atoms with E-state index in [-0.39, 0.29) is 22.4 Å². The Hall–Kier alpha value is -3.55. The number of carbonyl (C=O) groups is 1. The summed E-state index contributed by atoms with van der Waals surface area (Å²) < 4.78 is 22.5. The number of nitrogens with one attached hydrogen (secondary N) is 1. The number of ether oxygens (including phenoxy) is 1. The topological polar surface area (TPSA) is 76.4 Å². The number of anilines is 1. The summed E-state index contributed by atoms with van der Waals surface area (Å²) in [5, 5.41) is 13.9. The molecule has 2 atom stereocenters. The van der Waals surface area contributed by atoms with Crippen molar-refractivity contribution in [3.63, 3.8) is 0 Å². The summed E-state index contributed by atoms with van der Waals surface area (Å²) in [5.74, 6) is -0.751. The maximum Gasteiger partial charge on any atom is 0.356 e. The first kappa shape index (κ1) is 24.2. The molecule has 0 spiro atoms. The monoisotopic (exact) mass is 525 g/mol. The van der Waals surface area contributed by atoms with E-state index >= 15 is 4.39 Å². The number of benzene rings is 3. The van der Waals surface area contributed by atoms with E-state index in [0.29, 0.717) is 22.3 Å². The highest BCUT2D eigenvalue weighted by molar-refractivity contribution is 6.31. The van der Waals surface area contributed by atoms with E-state index in [0.717, 1.165) is 22.3 Å². The van der Waals surface area contributed by atoms with Crippen LogP contribution in [-0.2, 0) is 0 Å². The van der Waals surface area contributed by atoms with Gasteiger partial charge in [-0.3, -0.25) is 0 Å². The molecule has 1 aliphatic heterocycles. The third-order valence-electron chi connectivity index (χ3n) is 6.56. The molecule has 0 aliphatic carbocycles. The normalized spacial score (nSPS) is 14.8. The minimum Gasteiger partial charge on any atom is -0.496 e. The van der Waals surface area contributed by atoms with E-state index in [1.807, 2.05) is 36.6 Å². The van der Waals surface area contributed by atoms with Crippen molar-refractivity contribution in [3.8, 4) is 17.1 Å². The van der Waals surface area contributed by atoms with Gasteiger partial charge in [0.1, 0.15) is 11.6 Å². The van der Waals surface area contributed by atoms with Gasteiger partial charge in [-0.05, 0) is 60.9 Å². The summed E-state index contributed by atoms with van der Waals surface area (Å²) in [7, 11) is 1.56. The maximum atomic E-state index is 15.0. The molecule has 0 bridgehead atoms. The van der Waals surface area contributed by atoms with Gasteiger partial charge in [0.25, 0.3) is 0 Å². The Morgan fingerprint density at radius 2 is 1.94 bits per heavy atom. The number of nitrogens with zero attached hydrogens (tertiary/aromatic N) is 2. The number of aromatic nitrogens is 2. The zero-order chi connectivity index (χ0) is 25.7. The number of methoxy groups -OCH3 is 1. The molecule has 0 saturated heterocycles. The van der Waals surface area contributed by atoms with Gasteiger partial charge >= 0.3 is 5.97 Å². The Morgan fingerprint density at radius 1 is 1.19 bits per heavy atom. The molecule has 184 valence electrons. The third-order valence-corrected chi connectivity index (χ3v) is 7.08. The fourth-order valence-corrected chi connectivity index (χ4v) is 5.32. The number of carboxylic acids is 1. The number of imidazole rings is 1. The van der Waals surface area contributed by atoms with Gasteiger partial charge in [0.2, 0.25) is 0 Å². The predicted octanol–water partition coefficient (Wildman–Crippen LogP) is 7.14. The fraction of sp³-hybridized carbons (Fsp3) is 0.185. The van der Waals surface area contributed by atoms with E-state index in [4.69, 9.17) is 27.9 Å². The van der Waals surface area contributed by atoms with Crippen LogP contribution in [-0.4, -0.2) is 27.7 Å². The molecule has 2 heterocycles. The summed E-state index contributed by atoms with van der Waals surface area (Å²) in [6.45, 7) is 3.84. The molecule has 36 heavy (non-hydrogen) atoms. The van der Waals surface area contributed by atoms with Crippen molar-refractivity contribution in [1.29, 1.82) is 0 Å². The van der Waals surface area contributed by atoms with Crippen LogP contribution in [0.5, 0.6) is 5.75 Å². The second kappa shape index (κ2) is 9.15. The highest BCUT2D eigenvalue weighted by Crippen LogP contribution is 2.48. The number of halogens is 3. The first-order valence-corrected chi connectivity index (χ1v) is 12.0. The van der Waals surface area contributed by atoms with E-state index in [2.05, 4.69) is 10.3 Å². The number of hydrogen-bond acceptors (Lipinski definition) is 4. The zero-order valence-corrected chi connectivity index (χ0v) is 21.2. The molecular formula is C27H22Cl2FN3O3. The third kappa shape index (κ3) is 3.79. The molecule has 9 heteroatoms. The lowest BCUT2D eigenvalue weighted by atomic mass is 9.96. The Morgan fingerprint density at radius 3 is 2.64 bits per heavy atom. The Labute approximate surface area is 217 Å². The summed E-state index contributed by atoms with van der Waals surface area (Å²) in [4.78, 5) is 17.1. The SMILES string of the molecule is COc1cccc2c1-c1nc(C(=O)O)c(C(Nc3cccc(Cl)c3F)c3ccc(Cl)cc3C)n1C2C. The van der Waals surface area contributed by atoms with Crippen molar-refractivity contribution in [1.82, 2.24) is 9.55 Å². The van der Waals surface area contributed by atoms with Gasteiger partial charge in [-0.1, -0.05) is 47.5 Å². The van der Waals surface area contributed by atoms with Gasteiger partial charge < -0.3 is 19.7 Å². The van der Waals surface area contributed by atoms with Crippen LogP contribution in [0.4, 0.5) is 10.1 Å². The molecule has 1 aliphatic rings. The van der Waals surface area contributed by atoms with Gasteiger partial charge in [-0.2, -0.15) is 0 Å². The van der Waals surface area contributed by atoms with Gasteiger partial charge in [0, 0.05) is 5.02 Å². The lowest BCUT2D eigenvalue weighted by Crippen LogP contribution is -2.22. The molecule has 0 fully saturated rings. The fourth-order valence-electron chi connectivity index (χ4n) is 4.92. The number of carboxylic acid groups (broad SMARTS) is 1. The molecule has 4 aromatic rings. The maximum absolute atomic E-state index is 15.0. The van der Waals surface area contributed by atoms with Crippen LogP contribution in [0.1, 0.15) is 51.9 Å². The lowest BCUT2D eigenvalue weighted by Gasteiger charge is -2.26. The van der Waals surface area contributed by atoms with E-state index in [1.54, 1.807) is 37.4 Å². The minimum absolute atomic E-state index is 0.0472. The smallest absolute Gasteiger partial charge is 0.356 e. The number of rotatable bonds is 6. The van der Waals surface area contributed by atoms with Crippen molar-refractivity contribution < 1.29 is 19.0 Å². The van der Waals surface area contributed by atoms with Crippen molar-refractivity contribution >= 4 is 34.9 Å². The van der Waals surface area contributed by atoms with Crippen molar-refractivity contribution in [2.24, 2.45) is 0 Å². The quantitative estimate of drug-likeness (QED) is 0.280. The van der Waals surface area contributed by atoms with Gasteiger partial charge in [0.15, 0.2) is 11.5 Å². The van der Waals surface area contributed by atoms with Crippen molar-refractivity contribution in [2.75, 3.05) is 12.4 Å². The van der Waals surface area contributed by atoms with Gasteiger partial charge in [0.05, 0.1) is 41.2 Å². The molecule has 1 aromatic heterocycles. The first-order valence-electron chi connectivity index (χ1n) is 11.2. The van der Waals surface area contributed by atoms with Crippen LogP contribution in [0.3, 0.4) is 0 Å². The predicted molar refractivity (Wildman–Crippen MR) is 138 cm³/mol. The van der Waals surface area contributed by atoms with Crippen molar-refractivity contribution in [3.05, 3.63) is 98.5 Å². The first-order chi connectivity index (χ1) is 17.2. The van der Waals surface area contributed by atoms with Crippen LogP contribution in [0.25, 0.3) is 11.4 Å². The number of hydrogen-bond donors (Lipinski definition) is 2. The Bertz CT molecular complexity index is 1520. The van der Waals surface area contributed by atoms with E-state index < -0.39 is 17.8 Å². The minimum atomic E-state index is -1.19. The number of aromatic carboxylic acids is 1. The second-order valence-corrected chi connectivity index (χ2v) is 9.47. The van der Waals surface area contributed by atoms with Gasteiger partial charge in [-0.25, -0.2) is 14.2 Å². The standard InChI is InChI=1S/C27H22Cl2FN3O3/c1-13-12-15(28)10-11-16(13)23(31-19-8-5-7-18(29)22(19)30)25-24(27(34)35)32-26-21-17(14(2)33(25)26)6-4-9-20(21)36-3/h4-12,14,23,31H,1-3H3,(H,34,35). The summed E-state index contributed by atoms with van der Waals surface area (Å²) in [5.41, 5.74) is 3.59. The van der Waals surface area contributed by atoms with Crippen LogP contribution in [0.15, 0.2) is 54.6 Å². The van der Waals surface area contributed by atoms with Gasteiger partial charge in [-0.15, -0.1) is 0 Å². The van der Waals surface area contributed by atoms with Crippen LogP contribution in [0.2, 0.25) is 10.0 Å². The largest absolute Gasteiger partial charge is 0.496 e. The van der Waals surface area contributed by atoms with Crippen LogP contribution in [0, 0.1) is 12.7 Å². The summed E-state index contributed by atoms with van der Waals surface area (Å²) in [6.07, 6.45) is 0. The molecule has 0 radical (unpaired) electrons. The highest BCUT2D eigenvalue weighted by Gasteiger charge is 2.39. The molecular weight excluding hydrogens is 504 g/mol. The molecule has 6 nitrogen and oxygen atoms in total. The van der Waals surface area contributed by atoms with E-state index in [9.17, 15) is 9.90 Å². The van der Waals surface area contributed by atoms with Crippen molar-refractivity contribution in [2.45, 2.75) is 25.9 Å². The Kier molecular flexibility index (Phi) is 6.14. The summed E-state index contributed by atoms with van der Waals surface area (Å²) >= 11 is 12.3. The average Bonchev–Trinajstić information content (AvgIpc) is 3.36. The molecule has 2 N–H and O–H groups in total. The molecule has 3 aromatic carbocycles. The van der Waals surface area contributed by atoms with Crippen LogP contribution < -0.4 is 10.1 Å². The van der Waals surface area contributed by atoms with E-state index in [1.165, 1.54) is 6.07 Å². The lowest BCUT2D eigenvalue weighted by molar-refractivity contribution is 0.0689. The summed E-state index contributed by atoms with van der Waals surface area (Å²) in [6, 6.07) is 14.6. The second-order valence-electron chi connectivity index (χ2n) is 8.62. The molecule has 0 saturated carbocycles. The molecule has 0 amide bonds.